The van der Waals surface area contributed by atoms with E-state index < -0.39 is 12.0 Å². The number of rotatable bonds is 2. The second-order valence-electron chi connectivity index (χ2n) is 7.09. The molecule has 4 rings (SSSR count). The van der Waals surface area contributed by atoms with Gasteiger partial charge in [0, 0.05) is 31.9 Å². The summed E-state index contributed by atoms with van der Waals surface area (Å²) in [7, 11) is 0. The minimum Gasteiger partial charge on any atom is -0.468 e. The highest BCUT2D eigenvalue weighted by molar-refractivity contribution is 6.11. The van der Waals surface area contributed by atoms with Gasteiger partial charge in [-0.15, -0.1) is 0 Å². The van der Waals surface area contributed by atoms with Crippen molar-refractivity contribution in [2.45, 2.75) is 20.0 Å². The number of ether oxygens (including phenoxy) is 1. The third-order valence-electron chi connectivity index (χ3n) is 5.15. The maximum absolute atomic E-state index is 12.9. The van der Waals surface area contributed by atoms with Crippen molar-refractivity contribution in [2.75, 3.05) is 36.4 Å². The molecule has 1 fully saturated rings. The van der Waals surface area contributed by atoms with Crippen LogP contribution in [0.3, 0.4) is 0 Å². The quantitative estimate of drug-likeness (QED) is 0.830. The first-order valence-corrected chi connectivity index (χ1v) is 9.20. The minimum atomic E-state index is -1.12. The molecule has 0 aliphatic carbocycles. The fourth-order valence-corrected chi connectivity index (χ4v) is 3.61. The van der Waals surface area contributed by atoms with Crippen LogP contribution in [0.15, 0.2) is 42.5 Å². The van der Waals surface area contributed by atoms with Gasteiger partial charge in [-0.05, 0) is 43.2 Å². The van der Waals surface area contributed by atoms with E-state index in [9.17, 15) is 9.59 Å². The monoisotopic (exact) mass is 365 g/mol. The fraction of sp³-hybridized carbons (Fsp3) is 0.333. The molecule has 1 saturated heterocycles. The van der Waals surface area contributed by atoms with Crippen molar-refractivity contribution in [1.82, 2.24) is 4.90 Å². The molecule has 27 heavy (non-hydrogen) atoms. The van der Waals surface area contributed by atoms with Crippen molar-refractivity contribution >= 4 is 23.2 Å². The Hall–Kier alpha value is -3.02. The van der Waals surface area contributed by atoms with E-state index in [-0.39, 0.29) is 5.91 Å². The van der Waals surface area contributed by atoms with Gasteiger partial charge in [0.2, 0.25) is 0 Å². The van der Waals surface area contributed by atoms with E-state index in [4.69, 9.17) is 4.74 Å². The number of aryl methyl sites for hydroxylation is 2. The summed E-state index contributed by atoms with van der Waals surface area (Å²) in [5.74, 6) is -0.150. The van der Waals surface area contributed by atoms with Gasteiger partial charge in [-0.2, -0.15) is 0 Å². The number of nitrogens with zero attached hydrogens (tertiary/aromatic N) is 2. The zero-order chi connectivity index (χ0) is 19.0. The van der Waals surface area contributed by atoms with Crippen molar-refractivity contribution in [3.63, 3.8) is 0 Å². The summed E-state index contributed by atoms with van der Waals surface area (Å²) in [5.41, 5.74) is 4.26. The number of carbonyl (C=O) groups excluding carboxylic acids is 2. The molecular weight excluding hydrogens is 342 g/mol. The smallest absolute Gasteiger partial charge is 0.275 e. The molecule has 1 unspecified atom stereocenters. The number of amides is 2. The van der Waals surface area contributed by atoms with Crippen LogP contribution in [0.4, 0.5) is 11.4 Å². The van der Waals surface area contributed by atoms with Gasteiger partial charge in [-0.25, -0.2) is 0 Å². The summed E-state index contributed by atoms with van der Waals surface area (Å²) in [6.07, 6.45) is -1.12. The summed E-state index contributed by atoms with van der Waals surface area (Å²) >= 11 is 0. The van der Waals surface area contributed by atoms with E-state index >= 15 is 0 Å². The third kappa shape index (κ3) is 3.35. The molecule has 140 valence electrons. The lowest BCUT2D eigenvalue weighted by atomic mass is 10.1. The Kier molecular flexibility index (Phi) is 4.48. The molecular formula is C21H23N3O3. The van der Waals surface area contributed by atoms with Crippen LogP contribution in [0.2, 0.25) is 0 Å². The van der Waals surface area contributed by atoms with Crippen LogP contribution in [0, 0.1) is 13.8 Å². The van der Waals surface area contributed by atoms with Crippen LogP contribution in [-0.4, -0.2) is 49.0 Å². The highest BCUT2D eigenvalue weighted by Gasteiger charge is 2.37. The summed E-state index contributed by atoms with van der Waals surface area (Å²) in [5, 5.41) is 2.76. The number of para-hydroxylation sites is 2. The lowest BCUT2D eigenvalue weighted by molar-refractivity contribution is -0.145. The summed E-state index contributed by atoms with van der Waals surface area (Å²) in [4.78, 5) is 29.2. The Morgan fingerprint density at radius 3 is 2.59 bits per heavy atom. The van der Waals surface area contributed by atoms with Crippen LogP contribution in [0.5, 0.6) is 5.75 Å². The standard InChI is InChI=1S/C21H23N3O3/c1-14-7-8-15(2)17(13-14)23-9-11-24(12-10-23)21(26)19-20(25)22-16-5-3-4-6-18(16)27-19/h3-8,13,19H,9-12H2,1-2H3,(H,22,25). The number of hydrogen-bond acceptors (Lipinski definition) is 4. The number of anilines is 2. The third-order valence-corrected chi connectivity index (χ3v) is 5.15. The lowest BCUT2D eigenvalue weighted by Crippen LogP contribution is -2.56. The summed E-state index contributed by atoms with van der Waals surface area (Å²) in [6, 6.07) is 13.6. The molecule has 2 aromatic rings. The first-order chi connectivity index (χ1) is 13.0. The van der Waals surface area contributed by atoms with Crippen LogP contribution in [0.25, 0.3) is 0 Å². The average molecular weight is 365 g/mol. The van der Waals surface area contributed by atoms with E-state index in [1.807, 2.05) is 12.1 Å². The summed E-state index contributed by atoms with van der Waals surface area (Å²) in [6.45, 7) is 6.80. The topological polar surface area (TPSA) is 61.9 Å². The Morgan fingerprint density at radius 2 is 1.81 bits per heavy atom. The molecule has 2 aromatic carbocycles. The van der Waals surface area contributed by atoms with Crippen LogP contribution in [0.1, 0.15) is 11.1 Å². The zero-order valence-corrected chi connectivity index (χ0v) is 15.6. The molecule has 0 saturated carbocycles. The number of fused-ring (bicyclic) bond motifs is 1. The molecule has 0 spiro atoms. The molecule has 0 aromatic heterocycles. The second kappa shape index (κ2) is 6.95. The van der Waals surface area contributed by atoms with Gasteiger partial charge in [0.15, 0.2) is 0 Å². The van der Waals surface area contributed by atoms with Crippen molar-refractivity contribution in [3.05, 3.63) is 53.6 Å². The summed E-state index contributed by atoms with van der Waals surface area (Å²) < 4.78 is 5.69. The molecule has 0 radical (unpaired) electrons. The average Bonchev–Trinajstić information content (AvgIpc) is 2.69. The molecule has 0 bridgehead atoms. The Morgan fingerprint density at radius 1 is 1.07 bits per heavy atom. The Bertz CT molecular complexity index is 888. The van der Waals surface area contributed by atoms with E-state index in [1.54, 1.807) is 17.0 Å². The largest absolute Gasteiger partial charge is 0.468 e. The lowest BCUT2D eigenvalue weighted by Gasteiger charge is -2.38. The molecule has 2 aliphatic rings. The van der Waals surface area contributed by atoms with E-state index in [0.29, 0.717) is 24.5 Å². The van der Waals surface area contributed by atoms with Gasteiger partial charge in [0.05, 0.1) is 5.69 Å². The van der Waals surface area contributed by atoms with Crippen molar-refractivity contribution in [2.24, 2.45) is 0 Å². The van der Waals surface area contributed by atoms with Gasteiger partial charge in [0.25, 0.3) is 17.9 Å². The minimum absolute atomic E-state index is 0.275. The van der Waals surface area contributed by atoms with E-state index in [2.05, 4.69) is 42.3 Å². The van der Waals surface area contributed by atoms with Gasteiger partial charge < -0.3 is 19.9 Å². The fourth-order valence-electron chi connectivity index (χ4n) is 3.61. The maximum Gasteiger partial charge on any atom is 0.275 e. The van der Waals surface area contributed by atoms with Gasteiger partial charge in [-0.1, -0.05) is 24.3 Å². The highest BCUT2D eigenvalue weighted by Crippen LogP contribution is 2.29. The Labute approximate surface area is 158 Å². The van der Waals surface area contributed by atoms with Gasteiger partial charge in [0.1, 0.15) is 5.75 Å². The number of nitrogens with one attached hydrogen (secondary N) is 1. The first-order valence-electron chi connectivity index (χ1n) is 9.20. The predicted molar refractivity (Wildman–Crippen MR) is 104 cm³/mol. The molecule has 6 nitrogen and oxygen atoms in total. The van der Waals surface area contributed by atoms with E-state index in [1.165, 1.54) is 16.8 Å². The maximum atomic E-state index is 12.9. The van der Waals surface area contributed by atoms with Gasteiger partial charge >= 0.3 is 0 Å². The molecule has 6 heteroatoms. The van der Waals surface area contributed by atoms with E-state index in [0.717, 1.165) is 13.1 Å². The number of benzene rings is 2. The van der Waals surface area contributed by atoms with Crippen LogP contribution >= 0.6 is 0 Å². The zero-order valence-electron chi connectivity index (χ0n) is 15.6. The highest BCUT2D eigenvalue weighted by atomic mass is 16.5. The first kappa shape index (κ1) is 17.4. The molecule has 1 N–H and O–H groups in total. The number of piperazine rings is 1. The van der Waals surface area contributed by atoms with Gasteiger partial charge in [-0.3, -0.25) is 9.59 Å². The van der Waals surface area contributed by atoms with Crippen molar-refractivity contribution in [1.29, 1.82) is 0 Å². The molecule has 2 aliphatic heterocycles. The van der Waals surface area contributed by atoms with Crippen molar-refractivity contribution in [3.8, 4) is 5.75 Å². The predicted octanol–water partition coefficient (Wildman–Crippen LogP) is 2.35. The molecule has 2 amide bonds. The normalized spacial score (nSPS) is 19.2. The molecule has 1 atom stereocenters. The SMILES string of the molecule is Cc1ccc(C)c(N2CCN(C(=O)C3Oc4ccccc4NC3=O)CC2)c1. The van der Waals surface area contributed by atoms with Crippen LogP contribution in [-0.2, 0) is 9.59 Å². The second-order valence-corrected chi connectivity index (χ2v) is 7.09. The van der Waals surface area contributed by atoms with Crippen LogP contribution < -0.4 is 15.0 Å². The Balaban J connectivity index is 1.43. The van der Waals surface area contributed by atoms with Crippen molar-refractivity contribution < 1.29 is 14.3 Å². The number of hydrogen-bond donors (Lipinski definition) is 1. The molecule has 2 heterocycles. The number of carbonyl (C=O) groups is 2.